The number of nitrogens with zero attached hydrogens (tertiary/aromatic N) is 6. The molecule has 2 aromatic carbocycles. The third-order valence-corrected chi connectivity index (χ3v) is 5.02. The van der Waals surface area contributed by atoms with E-state index in [1.807, 2.05) is 61.5 Å². The molecule has 0 N–H and O–H groups in total. The number of benzene rings is 2. The molecule has 31 heavy (non-hydrogen) atoms. The third kappa shape index (κ3) is 3.53. The average Bonchev–Trinajstić information content (AvgIpc) is 3.30. The summed E-state index contributed by atoms with van der Waals surface area (Å²) in [7, 11) is 0. The van der Waals surface area contributed by atoms with E-state index in [0.29, 0.717) is 11.4 Å². The monoisotopic (exact) mass is 406 g/mol. The summed E-state index contributed by atoms with van der Waals surface area (Å²) in [6, 6.07) is 20.9. The van der Waals surface area contributed by atoms with Gasteiger partial charge in [-0.05, 0) is 48.9 Å². The van der Waals surface area contributed by atoms with Gasteiger partial charge in [0, 0.05) is 24.0 Å². The predicted molar refractivity (Wildman–Crippen MR) is 118 cm³/mol. The second-order valence-electron chi connectivity index (χ2n) is 7.03. The molecule has 0 bridgehead atoms. The summed E-state index contributed by atoms with van der Waals surface area (Å²) in [4.78, 5) is 21.0. The van der Waals surface area contributed by atoms with Gasteiger partial charge in [0.25, 0.3) is 0 Å². The van der Waals surface area contributed by atoms with Crippen LogP contribution in [-0.2, 0) is 0 Å². The van der Waals surface area contributed by atoms with Gasteiger partial charge >= 0.3 is 0 Å². The van der Waals surface area contributed by atoms with Crippen molar-refractivity contribution in [2.24, 2.45) is 0 Å². The summed E-state index contributed by atoms with van der Waals surface area (Å²) in [6.45, 7) is 2.01. The smallest absolute Gasteiger partial charge is 0.209 e. The Hall–Kier alpha value is -4.39. The lowest BCUT2D eigenvalue weighted by Gasteiger charge is -2.12. The van der Waals surface area contributed by atoms with Gasteiger partial charge in [0.2, 0.25) is 5.43 Å². The maximum Gasteiger partial charge on any atom is 0.209 e. The van der Waals surface area contributed by atoms with E-state index in [1.54, 1.807) is 34.0 Å². The Bertz CT molecular complexity index is 1410. The highest BCUT2D eigenvalue weighted by molar-refractivity contribution is 5.63. The van der Waals surface area contributed by atoms with Crippen LogP contribution in [0.25, 0.3) is 34.0 Å². The molecule has 0 aliphatic rings. The van der Waals surface area contributed by atoms with Crippen LogP contribution in [0.1, 0.15) is 5.56 Å². The topological polar surface area (TPSA) is 78.5 Å². The molecule has 0 radical (unpaired) electrons. The number of hydrogen-bond donors (Lipinski definition) is 0. The lowest BCUT2D eigenvalue weighted by molar-refractivity contribution is 0.818. The van der Waals surface area contributed by atoms with Gasteiger partial charge in [-0.15, -0.1) is 0 Å². The minimum atomic E-state index is -0.163. The first-order chi connectivity index (χ1) is 15.2. The van der Waals surface area contributed by atoms with Gasteiger partial charge < -0.3 is 0 Å². The van der Waals surface area contributed by atoms with Crippen LogP contribution in [0.3, 0.4) is 0 Å². The third-order valence-electron chi connectivity index (χ3n) is 5.02. The Labute approximate surface area is 178 Å². The van der Waals surface area contributed by atoms with E-state index in [9.17, 15) is 4.79 Å². The molecule has 7 heteroatoms. The van der Waals surface area contributed by atoms with Crippen LogP contribution in [-0.4, -0.2) is 29.5 Å². The fourth-order valence-corrected chi connectivity index (χ4v) is 3.51. The fourth-order valence-electron chi connectivity index (χ4n) is 3.51. The SMILES string of the molecule is Cc1cc(-c2ccncn2)ccc1-n1ccc(=O)c(-c2ccnn2-c2ccccc2)n1. The van der Waals surface area contributed by atoms with Crippen LogP contribution in [0.4, 0.5) is 0 Å². The molecule has 3 aromatic heterocycles. The van der Waals surface area contributed by atoms with Crippen molar-refractivity contribution in [3.63, 3.8) is 0 Å². The van der Waals surface area contributed by atoms with Gasteiger partial charge in [0.15, 0.2) is 5.69 Å². The van der Waals surface area contributed by atoms with Crippen molar-refractivity contribution in [3.05, 3.63) is 107 Å². The fraction of sp³-hybridized carbons (Fsp3) is 0.0417. The van der Waals surface area contributed by atoms with Gasteiger partial charge in [-0.2, -0.15) is 10.2 Å². The predicted octanol–water partition coefficient (Wildman–Crippen LogP) is 3.85. The molecule has 0 saturated heterocycles. The van der Waals surface area contributed by atoms with Crippen molar-refractivity contribution in [2.45, 2.75) is 6.92 Å². The van der Waals surface area contributed by atoms with Gasteiger partial charge in [-0.25, -0.2) is 19.3 Å². The number of para-hydroxylation sites is 1. The zero-order valence-corrected chi connectivity index (χ0v) is 16.8. The minimum Gasteiger partial charge on any atom is -0.287 e. The Morgan fingerprint density at radius 3 is 2.55 bits per heavy atom. The molecular weight excluding hydrogens is 388 g/mol. The number of rotatable bonds is 4. The summed E-state index contributed by atoms with van der Waals surface area (Å²) >= 11 is 0. The van der Waals surface area contributed by atoms with Crippen LogP contribution in [0, 0.1) is 6.92 Å². The summed E-state index contributed by atoms with van der Waals surface area (Å²) in [5.74, 6) is 0. The highest BCUT2D eigenvalue weighted by Gasteiger charge is 2.14. The van der Waals surface area contributed by atoms with Crippen molar-refractivity contribution >= 4 is 0 Å². The van der Waals surface area contributed by atoms with E-state index in [2.05, 4.69) is 20.2 Å². The highest BCUT2D eigenvalue weighted by Crippen LogP contribution is 2.23. The average molecular weight is 406 g/mol. The molecule has 0 atom stereocenters. The molecule has 0 unspecified atom stereocenters. The molecule has 0 fully saturated rings. The van der Waals surface area contributed by atoms with Crippen molar-refractivity contribution < 1.29 is 0 Å². The van der Waals surface area contributed by atoms with Crippen molar-refractivity contribution in [1.29, 1.82) is 0 Å². The van der Waals surface area contributed by atoms with Crippen molar-refractivity contribution in [1.82, 2.24) is 29.5 Å². The Kier molecular flexibility index (Phi) is 4.68. The van der Waals surface area contributed by atoms with E-state index in [1.165, 1.54) is 12.4 Å². The second kappa shape index (κ2) is 7.79. The summed E-state index contributed by atoms with van der Waals surface area (Å²) in [5.41, 5.74) is 5.41. The summed E-state index contributed by atoms with van der Waals surface area (Å²) in [5, 5.41) is 9.04. The standard InChI is InChI=1S/C24H18N6O/c1-17-15-18(20-9-12-25-16-26-20)7-8-21(17)29-14-11-23(31)24(28-29)22-10-13-27-30(22)19-5-3-2-4-6-19/h2-16H,1H3. The largest absolute Gasteiger partial charge is 0.287 e. The zero-order chi connectivity index (χ0) is 21.2. The van der Waals surface area contributed by atoms with Crippen molar-refractivity contribution in [2.75, 3.05) is 0 Å². The molecule has 0 spiro atoms. The molecule has 0 aliphatic heterocycles. The molecule has 5 rings (SSSR count). The van der Waals surface area contributed by atoms with Gasteiger partial charge in [-0.1, -0.05) is 24.3 Å². The highest BCUT2D eigenvalue weighted by atomic mass is 16.1. The maximum atomic E-state index is 12.7. The molecule has 5 aromatic rings. The van der Waals surface area contributed by atoms with Crippen LogP contribution < -0.4 is 5.43 Å². The number of hydrogen-bond acceptors (Lipinski definition) is 5. The molecule has 7 nitrogen and oxygen atoms in total. The van der Waals surface area contributed by atoms with E-state index < -0.39 is 0 Å². The Morgan fingerprint density at radius 1 is 0.903 bits per heavy atom. The van der Waals surface area contributed by atoms with E-state index in [0.717, 1.165) is 28.2 Å². The molecule has 3 heterocycles. The van der Waals surface area contributed by atoms with Gasteiger partial charge in [0.05, 0.1) is 29.0 Å². The van der Waals surface area contributed by atoms with Crippen LogP contribution in [0.15, 0.2) is 96.4 Å². The van der Waals surface area contributed by atoms with Gasteiger partial charge in [0.1, 0.15) is 6.33 Å². The lowest BCUT2D eigenvalue weighted by atomic mass is 10.1. The summed E-state index contributed by atoms with van der Waals surface area (Å²) in [6.07, 6.45) is 6.60. The quantitative estimate of drug-likeness (QED) is 0.453. The Morgan fingerprint density at radius 2 is 1.77 bits per heavy atom. The van der Waals surface area contributed by atoms with E-state index in [4.69, 9.17) is 0 Å². The minimum absolute atomic E-state index is 0.163. The first kappa shape index (κ1) is 18.6. The zero-order valence-electron chi connectivity index (χ0n) is 16.8. The molecule has 0 aliphatic carbocycles. The maximum absolute atomic E-state index is 12.7. The number of aromatic nitrogens is 6. The molecule has 0 amide bonds. The lowest BCUT2D eigenvalue weighted by Crippen LogP contribution is -2.15. The molecule has 0 saturated carbocycles. The Balaban J connectivity index is 1.58. The first-order valence-electron chi connectivity index (χ1n) is 9.78. The van der Waals surface area contributed by atoms with Gasteiger partial charge in [-0.3, -0.25) is 4.79 Å². The van der Waals surface area contributed by atoms with Crippen LogP contribution >= 0.6 is 0 Å². The van der Waals surface area contributed by atoms with Crippen molar-refractivity contribution in [3.8, 4) is 34.0 Å². The normalized spacial score (nSPS) is 10.9. The van der Waals surface area contributed by atoms with Crippen LogP contribution in [0.5, 0.6) is 0 Å². The molecular formula is C24H18N6O. The first-order valence-corrected chi connectivity index (χ1v) is 9.78. The summed E-state index contributed by atoms with van der Waals surface area (Å²) < 4.78 is 3.44. The number of aryl methyl sites for hydroxylation is 1. The van der Waals surface area contributed by atoms with E-state index in [-0.39, 0.29) is 5.43 Å². The molecule has 150 valence electrons. The van der Waals surface area contributed by atoms with E-state index >= 15 is 0 Å². The van der Waals surface area contributed by atoms with Crippen LogP contribution in [0.2, 0.25) is 0 Å². The second-order valence-corrected chi connectivity index (χ2v) is 7.03.